The second kappa shape index (κ2) is 5.79. The highest BCUT2D eigenvalue weighted by atomic mass is 16.5. The lowest BCUT2D eigenvalue weighted by atomic mass is 10.1. The number of methoxy groups -OCH3 is 1. The van der Waals surface area contributed by atoms with Gasteiger partial charge >= 0.3 is 5.97 Å². The molecule has 0 rings (SSSR count). The fourth-order valence-electron chi connectivity index (χ4n) is 0.493. The van der Waals surface area contributed by atoms with Gasteiger partial charge in [0.15, 0.2) is 0 Å². The maximum atomic E-state index is 10.5. The van der Waals surface area contributed by atoms with Crippen molar-refractivity contribution in [3.8, 4) is 11.8 Å². The largest absolute Gasteiger partial charge is 0.459 e. The Morgan fingerprint density at radius 1 is 1.64 bits per heavy atom. The van der Waals surface area contributed by atoms with Crippen molar-refractivity contribution in [1.82, 2.24) is 0 Å². The average Bonchev–Trinajstić information content (AvgIpc) is 2.04. The molecule has 0 fully saturated rings. The van der Waals surface area contributed by atoms with Gasteiger partial charge in [-0.25, -0.2) is 4.79 Å². The van der Waals surface area contributed by atoms with E-state index in [1.807, 2.05) is 0 Å². The molecule has 0 aromatic carbocycles. The van der Waals surface area contributed by atoms with Crippen LogP contribution in [0.5, 0.6) is 0 Å². The predicted molar refractivity (Wildman–Crippen MR) is 43.9 cm³/mol. The minimum Gasteiger partial charge on any atom is -0.459 e. The summed E-state index contributed by atoms with van der Waals surface area (Å²) in [5.41, 5.74) is 0. The van der Waals surface area contributed by atoms with Crippen molar-refractivity contribution >= 4 is 5.97 Å². The van der Waals surface area contributed by atoms with Crippen LogP contribution >= 0.6 is 0 Å². The molecule has 0 N–H and O–H groups in total. The van der Waals surface area contributed by atoms with Gasteiger partial charge in [-0.3, -0.25) is 0 Å². The first kappa shape index (κ1) is 10.0. The summed E-state index contributed by atoms with van der Waals surface area (Å²) in [6.07, 6.45) is 1.86. The summed E-state index contributed by atoms with van der Waals surface area (Å²) >= 11 is 0. The minimum atomic E-state index is -0.451. The van der Waals surface area contributed by atoms with E-state index in [0.29, 0.717) is 5.92 Å². The molecule has 0 saturated carbocycles. The van der Waals surface area contributed by atoms with E-state index < -0.39 is 5.97 Å². The number of ether oxygens (including phenoxy) is 1. The summed E-state index contributed by atoms with van der Waals surface area (Å²) in [5.74, 6) is 5.26. The first-order valence-electron chi connectivity index (χ1n) is 3.77. The van der Waals surface area contributed by atoms with Crippen LogP contribution in [0.3, 0.4) is 0 Å². The number of hydrogen-bond donors (Lipinski definition) is 0. The highest BCUT2D eigenvalue weighted by molar-refractivity contribution is 5.88. The summed E-state index contributed by atoms with van der Waals surface area (Å²) < 4.78 is 4.35. The number of hydrogen-bond acceptors (Lipinski definition) is 2. The van der Waals surface area contributed by atoms with Crippen molar-refractivity contribution in [1.29, 1.82) is 0 Å². The average molecular weight is 154 g/mol. The van der Waals surface area contributed by atoms with Gasteiger partial charge in [-0.1, -0.05) is 26.2 Å². The zero-order valence-corrected chi connectivity index (χ0v) is 7.31. The molecule has 2 nitrogen and oxygen atoms in total. The molecule has 0 bridgehead atoms. The number of esters is 1. The third-order valence-electron chi connectivity index (χ3n) is 1.52. The molecule has 0 aliphatic heterocycles. The van der Waals surface area contributed by atoms with Gasteiger partial charge in [0.1, 0.15) is 0 Å². The monoisotopic (exact) mass is 154 g/mol. The Labute approximate surface area is 67.9 Å². The quantitative estimate of drug-likeness (QED) is 0.343. The first-order chi connectivity index (χ1) is 5.20. The molecule has 2 heteroatoms. The Balaban J connectivity index is 3.63. The summed E-state index contributed by atoms with van der Waals surface area (Å²) in [6.45, 7) is 4.20. The van der Waals surface area contributed by atoms with Crippen LogP contribution in [0.25, 0.3) is 0 Å². The van der Waals surface area contributed by atoms with Crippen LogP contribution in [0.15, 0.2) is 0 Å². The fraction of sp³-hybridized carbons (Fsp3) is 0.667. The lowest BCUT2D eigenvalue weighted by molar-refractivity contribution is -0.133. The summed E-state index contributed by atoms with van der Waals surface area (Å²) in [5, 5.41) is 0. The molecule has 0 aliphatic carbocycles. The molecule has 62 valence electrons. The van der Waals surface area contributed by atoms with E-state index in [0.717, 1.165) is 12.8 Å². The van der Waals surface area contributed by atoms with E-state index >= 15 is 0 Å². The van der Waals surface area contributed by atoms with Gasteiger partial charge in [-0.05, 0) is 5.92 Å². The van der Waals surface area contributed by atoms with Gasteiger partial charge < -0.3 is 4.74 Å². The van der Waals surface area contributed by atoms with Crippen LogP contribution in [0.4, 0.5) is 0 Å². The van der Waals surface area contributed by atoms with Crippen molar-refractivity contribution in [2.45, 2.75) is 26.7 Å². The second-order valence-corrected chi connectivity index (χ2v) is 2.51. The molecule has 0 amide bonds. The number of carbonyl (C=O) groups is 1. The second-order valence-electron chi connectivity index (χ2n) is 2.51. The van der Waals surface area contributed by atoms with E-state index in [1.165, 1.54) is 7.11 Å². The van der Waals surface area contributed by atoms with Gasteiger partial charge in [-0.15, -0.1) is 0 Å². The molecule has 0 aromatic rings. The smallest absolute Gasteiger partial charge is 0.384 e. The molecule has 0 spiro atoms. The third kappa shape index (κ3) is 5.47. The number of carbonyl (C=O) groups excluding carboxylic acids is 1. The standard InChI is InChI=1S/C9H14O2/c1-4-8(2)6-5-7-9(10)11-3/h8H,4,6H2,1-3H3. The normalized spacial score (nSPS) is 11.2. The van der Waals surface area contributed by atoms with Crippen LogP contribution in [-0.4, -0.2) is 13.1 Å². The summed E-state index contributed by atoms with van der Waals surface area (Å²) in [6, 6.07) is 0. The molecular weight excluding hydrogens is 140 g/mol. The van der Waals surface area contributed by atoms with Gasteiger partial charge in [0.2, 0.25) is 0 Å². The highest BCUT2D eigenvalue weighted by Crippen LogP contribution is 2.03. The van der Waals surface area contributed by atoms with Crippen molar-refractivity contribution < 1.29 is 9.53 Å². The maximum Gasteiger partial charge on any atom is 0.384 e. The van der Waals surface area contributed by atoms with Crippen molar-refractivity contribution in [2.24, 2.45) is 5.92 Å². The van der Waals surface area contributed by atoms with Gasteiger partial charge in [-0.2, -0.15) is 0 Å². The predicted octanol–water partition coefficient (Wildman–Crippen LogP) is 1.60. The van der Waals surface area contributed by atoms with Crippen molar-refractivity contribution in [3.05, 3.63) is 0 Å². The molecule has 1 atom stereocenters. The Hall–Kier alpha value is -0.970. The zero-order chi connectivity index (χ0) is 8.69. The Morgan fingerprint density at radius 2 is 2.27 bits per heavy atom. The van der Waals surface area contributed by atoms with Gasteiger partial charge in [0, 0.05) is 12.3 Å². The number of rotatable bonds is 2. The van der Waals surface area contributed by atoms with E-state index in [9.17, 15) is 4.79 Å². The Kier molecular flexibility index (Phi) is 5.28. The lowest BCUT2D eigenvalue weighted by Crippen LogP contribution is -1.95. The molecule has 0 radical (unpaired) electrons. The summed E-state index contributed by atoms with van der Waals surface area (Å²) in [4.78, 5) is 10.5. The maximum absolute atomic E-state index is 10.5. The van der Waals surface area contributed by atoms with Crippen LogP contribution in [0, 0.1) is 17.8 Å². The minimum absolute atomic E-state index is 0.451. The highest BCUT2D eigenvalue weighted by Gasteiger charge is 1.94. The first-order valence-corrected chi connectivity index (χ1v) is 3.77. The fourth-order valence-corrected chi connectivity index (χ4v) is 0.493. The van der Waals surface area contributed by atoms with Gasteiger partial charge in [0.25, 0.3) is 0 Å². The molecule has 1 unspecified atom stereocenters. The molecule has 0 heterocycles. The molecule has 0 aromatic heterocycles. The third-order valence-corrected chi connectivity index (χ3v) is 1.52. The van der Waals surface area contributed by atoms with E-state index in [2.05, 4.69) is 30.4 Å². The SMILES string of the molecule is CCC(C)CC#CC(=O)OC. The van der Waals surface area contributed by atoms with E-state index in [4.69, 9.17) is 0 Å². The Morgan fingerprint density at radius 3 is 2.73 bits per heavy atom. The topological polar surface area (TPSA) is 26.3 Å². The molecule has 0 saturated heterocycles. The summed E-state index contributed by atoms with van der Waals surface area (Å²) in [7, 11) is 1.33. The van der Waals surface area contributed by atoms with Crippen molar-refractivity contribution in [2.75, 3.05) is 7.11 Å². The van der Waals surface area contributed by atoms with Gasteiger partial charge in [0.05, 0.1) is 7.11 Å². The molecule has 0 aliphatic rings. The zero-order valence-electron chi connectivity index (χ0n) is 7.31. The van der Waals surface area contributed by atoms with Crippen LogP contribution in [0.1, 0.15) is 26.7 Å². The van der Waals surface area contributed by atoms with Crippen LogP contribution in [-0.2, 0) is 9.53 Å². The molecular formula is C9H14O2. The van der Waals surface area contributed by atoms with Crippen LogP contribution in [0.2, 0.25) is 0 Å². The van der Waals surface area contributed by atoms with E-state index in [-0.39, 0.29) is 0 Å². The Bertz CT molecular complexity index is 174. The molecule has 11 heavy (non-hydrogen) atoms. The van der Waals surface area contributed by atoms with Crippen LogP contribution < -0.4 is 0 Å². The lowest BCUT2D eigenvalue weighted by Gasteiger charge is -1.99. The van der Waals surface area contributed by atoms with E-state index in [1.54, 1.807) is 0 Å². The van der Waals surface area contributed by atoms with Crippen molar-refractivity contribution in [3.63, 3.8) is 0 Å².